The molecule has 14 nitrogen and oxygen atoms in total. The maximum absolute atomic E-state index is 12.4. The molecule has 0 saturated carbocycles. The fourth-order valence-corrected chi connectivity index (χ4v) is 26.2. The fourth-order valence-electron chi connectivity index (χ4n) is 8.66. The average molecular weight is 1090 g/mol. The van der Waals surface area contributed by atoms with E-state index in [-0.39, 0.29) is 61.5 Å². The number of hydrogen-bond donors (Lipinski definition) is 0. The highest BCUT2D eigenvalue weighted by Crippen LogP contribution is 2.26. The van der Waals surface area contributed by atoms with Crippen LogP contribution in [0.25, 0.3) is 0 Å². The van der Waals surface area contributed by atoms with E-state index in [0.717, 1.165) is 88.4 Å². The molecular weight excluding hydrogens is 985 g/mol. The Kier molecular flexibility index (Phi) is 41.4. The van der Waals surface area contributed by atoms with Gasteiger partial charge in [-0.05, 0) is 128 Å². The predicted molar refractivity (Wildman–Crippen MR) is 298 cm³/mol. The zero-order valence-corrected chi connectivity index (χ0v) is 51.6. The standard InChI is InChI=1S/C54H106O14Si4/c1-11-13-15-17-19-23-27-39-61-51(57)35-37-53(59)65-43-31-47-71(7,8)67-69(3,4)45-29-41-63-49(55)33-25-21-22-26-34-50(56)64-42-30-46-70(5,6)68-72(9,10)48-32-44-66-54(60)38-36-52(58)62-40-28-24-20-18-16-14-12-2/h11-48H2,1-10H3. The number of ether oxygens (including phenoxy) is 6. The molecule has 0 aliphatic heterocycles. The molecule has 0 aromatic carbocycles. The smallest absolute Gasteiger partial charge is 0.306 e. The van der Waals surface area contributed by atoms with Gasteiger partial charge in [0.2, 0.25) is 0 Å². The molecule has 0 aliphatic rings. The second-order valence-corrected chi connectivity index (χ2v) is 39.8. The van der Waals surface area contributed by atoms with Crippen molar-refractivity contribution in [1.29, 1.82) is 0 Å². The Bertz CT molecular complexity index is 1350. The Morgan fingerprint density at radius 3 is 0.694 bits per heavy atom. The van der Waals surface area contributed by atoms with Gasteiger partial charge in [0.1, 0.15) is 0 Å². The lowest BCUT2D eigenvalue weighted by molar-refractivity contribution is -0.150. The molecule has 0 rings (SSSR count). The summed E-state index contributed by atoms with van der Waals surface area (Å²) in [6.45, 7) is 24.2. The van der Waals surface area contributed by atoms with E-state index in [1.165, 1.54) is 64.2 Å². The summed E-state index contributed by atoms with van der Waals surface area (Å²) >= 11 is 0. The van der Waals surface area contributed by atoms with E-state index in [9.17, 15) is 28.8 Å². The minimum atomic E-state index is -2.00. The summed E-state index contributed by atoms with van der Waals surface area (Å²) in [7, 11) is -7.97. The molecule has 0 unspecified atom stereocenters. The van der Waals surface area contributed by atoms with Crippen molar-refractivity contribution in [3.63, 3.8) is 0 Å². The van der Waals surface area contributed by atoms with Crippen LogP contribution < -0.4 is 0 Å². The van der Waals surface area contributed by atoms with Gasteiger partial charge in [-0.2, -0.15) is 0 Å². The van der Waals surface area contributed by atoms with Gasteiger partial charge in [0.25, 0.3) is 0 Å². The summed E-state index contributed by atoms with van der Waals surface area (Å²) in [6, 6.07) is 3.49. The number of esters is 6. The van der Waals surface area contributed by atoms with E-state index in [1.807, 2.05) is 0 Å². The van der Waals surface area contributed by atoms with Gasteiger partial charge in [0.15, 0.2) is 33.3 Å². The quantitative estimate of drug-likeness (QED) is 0.0243. The summed E-state index contributed by atoms with van der Waals surface area (Å²) in [5.74, 6) is -1.83. The Labute approximate surface area is 442 Å². The number of rotatable bonds is 49. The van der Waals surface area contributed by atoms with Crippen molar-refractivity contribution in [1.82, 2.24) is 0 Å². The van der Waals surface area contributed by atoms with Gasteiger partial charge < -0.3 is 36.7 Å². The number of carbonyl (C=O) groups excluding carboxylic acids is 6. The van der Waals surface area contributed by atoms with Gasteiger partial charge in [-0.1, -0.05) is 104 Å². The third kappa shape index (κ3) is 46.2. The van der Waals surface area contributed by atoms with E-state index >= 15 is 0 Å². The molecule has 0 spiro atoms. The molecule has 0 fully saturated rings. The van der Waals surface area contributed by atoms with Gasteiger partial charge in [0, 0.05) is 12.8 Å². The zero-order chi connectivity index (χ0) is 54.0. The van der Waals surface area contributed by atoms with Crippen LogP contribution in [0, 0.1) is 0 Å². The summed E-state index contributed by atoms with van der Waals surface area (Å²) in [4.78, 5) is 73.1. The topological polar surface area (TPSA) is 176 Å². The second-order valence-electron chi connectivity index (χ2n) is 22.1. The van der Waals surface area contributed by atoms with Crippen LogP contribution in [0.15, 0.2) is 0 Å². The molecule has 0 amide bonds. The minimum absolute atomic E-state index is 0.0355. The summed E-state index contributed by atoms with van der Waals surface area (Å²) < 4.78 is 45.7. The molecule has 72 heavy (non-hydrogen) atoms. The molecule has 0 radical (unpaired) electrons. The summed E-state index contributed by atoms with van der Waals surface area (Å²) in [6.07, 6.45) is 23.1. The minimum Gasteiger partial charge on any atom is -0.466 e. The van der Waals surface area contributed by atoms with Crippen molar-refractivity contribution in [2.24, 2.45) is 0 Å². The fraction of sp³-hybridized carbons (Fsp3) is 0.889. The molecular formula is C54H106O14Si4. The van der Waals surface area contributed by atoms with Gasteiger partial charge in [0.05, 0.1) is 65.3 Å². The highest BCUT2D eigenvalue weighted by molar-refractivity contribution is 6.85. The molecule has 0 aromatic heterocycles. The SMILES string of the molecule is CCCCCCCCCOC(=O)CCC(=O)OCCC[Si](C)(C)O[Si](C)(C)CCCOC(=O)CCCCCCC(=O)OCCC[Si](C)(C)O[Si](C)(C)CCCOC(=O)CCC(=O)OCCCCCCCCC. The van der Waals surface area contributed by atoms with Crippen LogP contribution in [0.3, 0.4) is 0 Å². The molecule has 0 aromatic rings. The van der Waals surface area contributed by atoms with Crippen LogP contribution in [-0.2, 0) is 65.4 Å². The first-order chi connectivity index (χ1) is 34.1. The van der Waals surface area contributed by atoms with Crippen LogP contribution in [0.2, 0.25) is 76.6 Å². The molecule has 0 heterocycles. The van der Waals surface area contributed by atoms with Crippen LogP contribution >= 0.6 is 0 Å². The molecule has 0 bridgehead atoms. The first-order valence-electron chi connectivity index (χ1n) is 28.4. The first kappa shape index (κ1) is 69.6. The maximum Gasteiger partial charge on any atom is 0.306 e. The van der Waals surface area contributed by atoms with Gasteiger partial charge in [-0.25, -0.2) is 0 Å². The van der Waals surface area contributed by atoms with Crippen molar-refractivity contribution in [2.45, 2.75) is 270 Å². The third-order valence-electron chi connectivity index (χ3n) is 12.5. The van der Waals surface area contributed by atoms with Crippen molar-refractivity contribution in [2.75, 3.05) is 39.6 Å². The van der Waals surface area contributed by atoms with Crippen molar-refractivity contribution >= 4 is 69.1 Å². The van der Waals surface area contributed by atoms with E-state index < -0.39 is 33.3 Å². The number of unbranched alkanes of at least 4 members (excludes halogenated alkanes) is 15. The lowest BCUT2D eigenvalue weighted by atomic mass is 10.1. The monoisotopic (exact) mass is 1090 g/mol. The summed E-state index contributed by atoms with van der Waals surface area (Å²) in [5.41, 5.74) is 0. The van der Waals surface area contributed by atoms with E-state index in [0.29, 0.717) is 65.3 Å². The van der Waals surface area contributed by atoms with Gasteiger partial charge in [-0.15, -0.1) is 0 Å². The van der Waals surface area contributed by atoms with E-state index in [1.54, 1.807) is 0 Å². The molecule has 0 N–H and O–H groups in total. The maximum atomic E-state index is 12.4. The summed E-state index contributed by atoms with van der Waals surface area (Å²) in [5, 5.41) is 0. The van der Waals surface area contributed by atoms with Crippen LogP contribution in [0.4, 0.5) is 0 Å². The second kappa shape index (κ2) is 42.8. The molecule has 0 atom stereocenters. The Hall–Kier alpha value is -2.39. The first-order valence-corrected chi connectivity index (χ1v) is 40.9. The average Bonchev–Trinajstić information content (AvgIpc) is 3.30. The van der Waals surface area contributed by atoms with Crippen LogP contribution in [0.5, 0.6) is 0 Å². The van der Waals surface area contributed by atoms with Crippen molar-refractivity contribution in [3.05, 3.63) is 0 Å². The largest absolute Gasteiger partial charge is 0.466 e. The normalized spacial score (nSPS) is 12.1. The highest BCUT2D eigenvalue weighted by atomic mass is 28.4. The van der Waals surface area contributed by atoms with Crippen LogP contribution in [-0.4, -0.2) is 109 Å². The molecule has 18 heteroatoms. The van der Waals surface area contributed by atoms with Crippen LogP contribution in [0.1, 0.15) is 194 Å². The lowest BCUT2D eigenvalue weighted by Crippen LogP contribution is -2.44. The Morgan fingerprint density at radius 2 is 0.444 bits per heavy atom. The molecule has 0 saturated heterocycles. The molecule has 422 valence electrons. The Morgan fingerprint density at radius 1 is 0.250 bits per heavy atom. The van der Waals surface area contributed by atoms with Crippen molar-refractivity contribution in [3.8, 4) is 0 Å². The highest BCUT2D eigenvalue weighted by Gasteiger charge is 2.34. The number of hydrogen-bond acceptors (Lipinski definition) is 14. The van der Waals surface area contributed by atoms with E-state index in [4.69, 9.17) is 36.7 Å². The van der Waals surface area contributed by atoms with Gasteiger partial charge in [-0.3, -0.25) is 28.8 Å². The molecule has 0 aliphatic carbocycles. The lowest BCUT2D eigenvalue weighted by Gasteiger charge is -2.34. The third-order valence-corrected chi connectivity index (χ3v) is 27.5. The van der Waals surface area contributed by atoms with E-state index in [2.05, 4.69) is 66.2 Å². The van der Waals surface area contributed by atoms with Gasteiger partial charge >= 0.3 is 35.8 Å². The predicted octanol–water partition coefficient (Wildman–Crippen LogP) is 14.1. The van der Waals surface area contributed by atoms with Crippen molar-refractivity contribution < 1.29 is 65.4 Å². The Balaban J connectivity index is 3.98. The number of carbonyl (C=O) groups is 6. The zero-order valence-electron chi connectivity index (χ0n) is 47.6.